The molecule has 0 bridgehead atoms. The fourth-order valence-electron chi connectivity index (χ4n) is 4.24. The first-order valence-corrected chi connectivity index (χ1v) is 10.8. The first kappa shape index (κ1) is 23.7. The minimum absolute atomic E-state index is 0.0968. The van der Waals surface area contributed by atoms with Crippen LogP contribution in [-0.2, 0) is 22.2 Å². The molecule has 0 unspecified atom stereocenters. The van der Waals surface area contributed by atoms with Crippen molar-refractivity contribution in [3.8, 4) is 0 Å². The van der Waals surface area contributed by atoms with E-state index in [1.165, 1.54) is 32.0 Å². The number of nitrogens with one attached hydrogen (secondary N) is 1. The smallest absolute Gasteiger partial charge is 0.344 e. The van der Waals surface area contributed by atoms with Crippen LogP contribution in [0.3, 0.4) is 0 Å². The van der Waals surface area contributed by atoms with Crippen molar-refractivity contribution < 1.29 is 27.2 Å². The predicted molar refractivity (Wildman–Crippen MR) is 114 cm³/mol. The van der Waals surface area contributed by atoms with Crippen LogP contribution in [-0.4, -0.2) is 50.4 Å². The Bertz CT molecular complexity index is 1220. The van der Waals surface area contributed by atoms with Gasteiger partial charge in [0, 0.05) is 44.1 Å². The lowest BCUT2D eigenvalue weighted by molar-refractivity contribution is -0.142. The molecule has 1 N–H and O–H groups in total. The number of aryl methyl sites for hydroxylation is 1. The van der Waals surface area contributed by atoms with E-state index >= 15 is 0 Å². The number of alkyl halides is 3. The summed E-state index contributed by atoms with van der Waals surface area (Å²) in [5.41, 5.74) is 0.532. The normalized spacial score (nSPS) is 17.2. The zero-order valence-corrected chi connectivity index (χ0v) is 18.6. The maximum atomic E-state index is 13.4. The van der Waals surface area contributed by atoms with Crippen LogP contribution in [0.5, 0.6) is 0 Å². The molecule has 3 aromatic rings. The van der Waals surface area contributed by atoms with Crippen molar-refractivity contribution >= 4 is 17.5 Å². The van der Waals surface area contributed by atoms with Crippen molar-refractivity contribution in [2.24, 2.45) is 0 Å². The van der Waals surface area contributed by atoms with E-state index in [2.05, 4.69) is 15.4 Å². The number of rotatable bonds is 5. The maximum Gasteiger partial charge on any atom is 0.433 e. The van der Waals surface area contributed by atoms with Crippen molar-refractivity contribution in [2.45, 2.75) is 44.8 Å². The monoisotopic (exact) mass is 477 g/mol. The molecular weight excluding hydrogens is 454 g/mol. The second-order valence-electron chi connectivity index (χ2n) is 8.47. The molecule has 3 heterocycles. The number of amides is 2. The Morgan fingerprint density at radius 2 is 1.91 bits per heavy atom. The van der Waals surface area contributed by atoms with Crippen LogP contribution in [0.25, 0.3) is 5.65 Å². The second kappa shape index (κ2) is 9.03. The van der Waals surface area contributed by atoms with Gasteiger partial charge in [-0.3, -0.25) is 9.59 Å². The average molecular weight is 477 g/mol. The summed E-state index contributed by atoms with van der Waals surface area (Å²) in [7, 11) is 0. The van der Waals surface area contributed by atoms with Crippen molar-refractivity contribution in [1.82, 2.24) is 24.8 Å². The number of fused-ring (bicyclic) bond motifs is 1. The molecule has 1 fully saturated rings. The van der Waals surface area contributed by atoms with Crippen LogP contribution < -0.4 is 5.32 Å². The van der Waals surface area contributed by atoms with Crippen LogP contribution in [0.1, 0.15) is 41.9 Å². The van der Waals surface area contributed by atoms with Gasteiger partial charge in [0.05, 0.1) is 5.69 Å². The molecule has 11 heteroatoms. The Balaban J connectivity index is 1.53. The molecule has 7 nitrogen and oxygen atoms in total. The zero-order chi connectivity index (χ0) is 24.6. The third-order valence-corrected chi connectivity index (χ3v) is 5.81. The number of hydrogen-bond donors (Lipinski definition) is 1. The number of carbonyl (C=O) groups excluding carboxylic acids is 2. The summed E-state index contributed by atoms with van der Waals surface area (Å²) >= 11 is 0. The van der Waals surface area contributed by atoms with Gasteiger partial charge in [-0.15, -0.1) is 0 Å². The number of aromatic nitrogens is 3. The molecule has 0 radical (unpaired) electrons. The number of halogens is 4. The number of hydrogen-bond acceptors (Lipinski definition) is 4. The first-order valence-electron chi connectivity index (χ1n) is 10.8. The summed E-state index contributed by atoms with van der Waals surface area (Å²) in [6.45, 7) is 3.42. The van der Waals surface area contributed by atoms with Crippen molar-refractivity contribution in [3.05, 3.63) is 64.9 Å². The van der Waals surface area contributed by atoms with E-state index in [1.807, 2.05) is 0 Å². The van der Waals surface area contributed by atoms with Crippen LogP contribution in [0, 0.1) is 12.7 Å². The van der Waals surface area contributed by atoms with Gasteiger partial charge in [-0.2, -0.15) is 18.3 Å². The molecule has 180 valence electrons. The largest absolute Gasteiger partial charge is 0.433 e. The number of likely N-dealkylation sites (tertiary alicyclic amines) is 1. The van der Waals surface area contributed by atoms with Gasteiger partial charge in [0.1, 0.15) is 17.6 Å². The third kappa shape index (κ3) is 5.02. The molecule has 34 heavy (non-hydrogen) atoms. The van der Waals surface area contributed by atoms with E-state index in [0.29, 0.717) is 24.2 Å². The highest BCUT2D eigenvalue weighted by Crippen LogP contribution is 2.32. The Kier molecular flexibility index (Phi) is 6.28. The second-order valence-corrected chi connectivity index (χ2v) is 8.47. The van der Waals surface area contributed by atoms with E-state index < -0.39 is 23.7 Å². The third-order valence-electron chi connectivity index (χ3n) is 5.81. The lowest BCUT2D eigenvalue weighted by Gasteiger charge is -2.24. The maximum absolute atomic E-state index is 13.4. The van der Waals surface area contributed by atoms with Gasteiger partial charge in [0.15, 0.2) is 5.65 Å². The van der Waals surface area contributed by atoms with E-state index in [4.69, 9.17) is 0 Å². The molecule has 1 aliphatic rings. The Morgan fingerprint density at radius 1 is 1.21 bits per heavy atom. The molecule has 0 saturated carbocycles. The zero-order valence-electron chi connectivity index (χ0n) is 18.6. The molecule has 1 aliphatic heterocycles. The van der Waals surface area contributed by atoms with E-state index in [0.717, 1.165) is 10.6 Å². The Hall–Kier alpha value is -3.50. The fraction of sp³-hybridized carbons (Fsp3) is 0.391. The lowest BCUT2D eigenvalue weighted by Crippen LogP contribution is -2.48. The Labute approximate surface area is 192 Å². The van der Waals surface area contributed by atoms with Gasteiger partial charge in [0.25, 0.3) is 0 Å². The molecule has 2 atom stereocenters. The fourth-order valence-corrected chi connectivity index (χ4v) is 4.24. The summed E-state index contributed by atoms with van der Waals surface area (Å²) in [4.78, 5) is 30.6. The summed E-state index contributed by atoms with van der Waals surface area (Å²) in [5, 5.41) is 6.80. The van der Waals surface area contributed by atoms with Crippen LogP contribution in [0.2, 0.25) is 0 Å². The average Bonchev–Trinajstić information content (AvgIpc) is 3.39. The number of benzene rings is 1. The quantitative estimate of drug-likeness (QED) is 0.573. The van der Waals surface area contributed by atoms with E-state index in [9.17, 15) is 27.2 Å². The molecule has 0 spiro atoms. The van der Waals surface area contributed by atoms with Crippen LogP contribution >= 0.6 is 0 Å². The topological polar surface area (TPSA) is 79.6 Å². The molecular formula is C23H23F4N5O2. The Morgan fingerprint density at radius 3 is 2.56 bits per heavy atom. The highest BCUT2D eigenvalue weighted by atomic mass is 19.4. The van der Waals surface area contributed by atoms with Gasteiger partial charge in [0.2, 0.25) is 11.8 Å². The molecule has 0 aliphatic carbocycles. The molecule has 1 aromatic carbocycles. The first-order chi connectivity index (χ1) is 16.0. The van der Waals surface area contributed by atoms with Gasteiger partial charge in [-0.1, -0.05) is 12.1 Å². The number of carbonyl (C=O) groups is 2. The van der Waals surface area contributed by atoms with Gasteiger partial charge < -0.3 is 10.2 Å². The molecule has 4 rings (SSSR count). The molecule has 2 amide bonds. The summed E-state index contributed by atoms with van der Waals surface area (Å²) in [6, 6.07) is 7.29. The van der Waals surface area contributed by atoms with Crippen LogP contribution in [0.4, 0.5) is 17.6 Å². The van der Waals surface area contributed by atoms with E-state index in [-0.39, 0.29) is 42.0 Å². The lowest BCUT2D eigenvalue weighted by atomic mass is 10.0. The summed E-state index contributed by atoms with van der Waals surface area (Å²) < 4.78 is 54.4. The van der Waals surface area contributed by atoms with Gasteiger partial charge in [-0.25, -0.2) is 13.9 Å². The van der Waals surface area contributed by atoms with Crippen molar-refractivity contribution in [1.29, 1.82) is 0 Å². The predicted octanol–water partition coefficient (Wildman–Crippen LogP) is 3.26. The van der Waals surface area contributed by atoms with Gasteiger partial charge >= 0.3 is 6.18 Å². The highest BCUT2D eigenvalue weighted by Gasteiger charge is 2.37. The minimum Gasteiger partial charge on any atom is -0.344 e. The minimum atomic E-state index is -4.58. The highest BCUT2D eigenvalue weighted by molar-refractivity contribution is 5.87. The summed E-state index contributed by atoms with van der Waals surface area (Å²) in [6.07, 6.45) is -3.88. The SMILES string of the molecule is CC(=O)N[C@H](Cc1ccc(F)cc1)C(=O)N1CC[C@H](c2cc3nc(C)cc(C(F)(F)F)n3n2)C1. The molecule has 2 aromatic heterocycles. The standard InChI is InChI=1S/C23H23F4N5O2/c1-13-9-20(23(25,26)27)32-21(28-13)11-18(30-32)16-7-8-31(12-16)22(34)19(29-14(2)33)10-15-3-5-17(24)6-4-15/h3-6,9,11,16,19H,7-8,10,12H2,1-2H3,(H,29,33)/t16-,19+/m0/s1. The van der Waals surface area contributed by atoms with Crippen molar-refractivity contribution in [2.75, 3.05) is 13.1 Å². The van der Waals surface area contributed by atoms with Crippen molar-refractivity contribution in [3.63, 3.8) is 0 Å². The number of nitrogens with zero attached hydrogens (tertiary/aromatic N) is 4. The molecule has 1 saturated heterocycles. The van der Waals surface area contributed by atoms with E-state index in [1.54, 1.807) is 17.0 Å². The van der Waals surface area contributed by atoms with Crippen LogP contribution in [0.15, 0.2) is 36.4 Å². The summed E-state index contributed by atoms with van der Waals surface area (Å²) in [5.74, 6) is -1.36. The van der Waals surface area contributed by atoms with Gasteiger partial charge in [-0.05, 0) is 37.1 Å².